The Hall–Kier alpha value is -0.340. The Kier molecular flexibility index (Phi) is 4.21. The van der Waals surface area contributed by atoms with Gasteiger partial charge in [0.25, 0.3) is 0 Å². The van der Waals surface area contributed by atoms with Crippen molar-refractivity contribution in [2.24, 2.45) is 0 Å². The molecule has 0 bridgehead atoms. The fraction of sp³-hybridized carbons (Fsp3) is 0.846. The molecule has 0 unspecified atom stereocenters. The van der Waals surface area contributed by atoms with Crippen LogP contribution in [0.15, 0.2) is 11.6 Å². The van der Waals surface area contributed by atoms with Crippen LogP contribution >= 0.6 is 0 Å². The second kappa shape index (κ2) is 5.66. The van der Waals surface area contributed by atoms with Gasteiger partial charge in [0, 0.05) is 12.6 Å². The zero-order valence-corrected chi connectivity index (χ0v) is 9.80. The second-order valence-corrected chi connectivity index (χ2v) is 4.70. The molecule has 0 atom stereocenters. The molecule has 0 saturated heterocycles. The molecule has 86 valence electrons. The van der Waals surface area contributed by atoms with Gasteiger partial charge in [0.05, 0.1) is 6.10 Å². The molecule has 2 nitrogen and oxygen atoms in total. The Bertz CT molecular complexity index is 219. The maximum absolute atomic E-state index is 5.54. The maximum atomic E-state index is 5.54. The lowest BCUT2D eigenvalue weighted by atomic mass is 9.89. The number of nitrogens with one attached hydrogen (secondary N) is 1. The minimum absolute atomic E-state index is 0.540. The largest absolute Gasteiger partial charge is 0.378 e. The Morgan fingerprint density at radius 2 is 2.33 bits per heavy atom. The fourth-order valence-electron chi connectivity index (χ4n) is 2.51. The molecule has 0 aromatic rings. The molecule has 2 heteroatoms. The molecule has 15 heavy (non-hydrogen) atoms. The third kappa shape index (κ3) is 3.32. The minimum Gasteiger partial charge on any atom is -0.378 e. The summed E-state index contributed by atoms with van der Waals surface area (Å²) in [6, 6.07) is 0.726. The van der Waals surface area contributed by atoms with Crippen LogP contribution in [0.1, 0.15) is 45.4 Å². The first-order chi connectivity index (χ1) is 7.38. The van der Waals surface area contributed by atoms with E-state index in [1.54, 1.807) is 5.57 Å². The normalized spacial score (nSPS) is 30.1. The molecule has 2 aliphatic carbocycles. The van der Waals surface area contributed by atoms with E-state index >= 15 is 0 Å². The lowest BCUT2D eigenvalue weighted by molar-refractivity contribution is -0.00960. The first-order valence-electron chi connectivity index (χ1n) is 6.41. The summed E-state index contributed by atoms with van der Waals surface area (Å²) in [5, 5.41) is 3.61. The lowest BCUT2D eigenvalue weighted by Gasteiger charge is -2.35. The summed E-state index contributed by atoms with van der Waals surface area (Å²) < 4.78 is 5.54. The SMILES string of the molecule is CCOC1CC(NCCC2=CCCC2)C1. The highest BCUT2D eigenvalue weighted by atomic mass is 16.5. The Labute approximate surface area is 93.1 Å². The first-order valence-corrected chi connectivity index (χ1v) is 6.41. The molecule has 1 saturated carbocycles. The monoisotopic (exact) mass is 209 g/mol. The van der Waals surface area contributed by atoms with E-state index in [1.807, 2.05) is 0 Å². The molecule has 0 radical (unpaired) electrons. The van der Waals surface area contributed by atoms with Crippen LogP contribution in [0.5, 0.6) is 0 Å². The van der Waals surface area contributed by atoms with Crippen LogP contribution in [0.25, 0.3) is 0 Å². The maximum Gasteiger partial charge on any atom is 0.0604 e. The lowest BCUT2D eigenvalue weighted by Crippen LogP contribution is -2.45. The summed E-state index contributed by atoms with van der Waals surface area (Å²) in [7, 11) is 0. The van der Waals surface area contributed by atoms with Gasteiger partial charge in [-0.1, -0.05) is 11.6 Å². The molecule has 0 aliphatic heterocycles. The van der Waals surface area contributed by atoms with Gasteiger partial charge in [-0.3, -0.25) is 0 Å². The van der Waals surface area contributed by atoms with Gasteiger partial charge in [0.15, 0.2) is 0 Å². The van der Waals surface area contributed by atoms with Crippen molar-refractivity contribution in [3.8, 4) is 0 Å². The summed E-state index contributed by atoms with van der Waals surface area (Å²) in [5.74, 6) is 0. The predicted octanol–water partition coefficient (Wildman–Crippen LogP) is 2.64. The third-order valence-electron chi connectivity index (χ3n) is 3.51. The highest BCUT2D eigenvalue weighted by Gasteiger charge is 2.28. The van der Waals surface area contributed by atoms with Crippen molar-refractivity contribution in [3.05, 3.63) is 11.6 Å². The van der Waals surface area contributed by atoms with E-state index in [0.717, 1.165) is 19.2 Å². The first kappa shape index (κ1) is 11.2. The van der Waals surface area contributed by atoms with Gasteiger partial charge >= 0.3 is 0 Å². The zero-order chi connectivity index (χ0) is 10.5. The van der Waals surface area contributed by atoms with Crippen molar-refractivity contribution >= 4 is 0 Å². The summed E-state index contributed by atoms with van der Waals surface area (Å²) in [6.07, 6.45) is 10.7. The van der Waals surface area contributed by atoms with Gasteiger partial charge in [-0.05, 0) is 52.0 Å². The van der Waals surface area contributed by atoms with Crippen molar-refractivity contribution in [3.63, 3.8) is 0 Å². The average Bonchev–Trinajstić information content (AvgIpc) is 2.66. The number of allylic oxidation sites excluding steroid dienone is 1. The van der Waals surface area contributed by atoms with Crippen LogP contribution in [0.4, 0.5) is 0 Å². The van der Waals surface area contributed by atoms with Gasteiger partial charge < -0.3 is 10.1 Å². The third-order valence-corrected chi connectivity index (χ3v) is 3.51. The van der Waals surface area contributed by atoms with Gasteiger partial charge in [-0.15, -0.1) is 0 Å². The number of hydrogen-bond donors (Lipinski definition) is 1. The molecule has 2 rings (SSSR count). The van der Waals surface area contributed by atoms with E-state index in [2.05, 4.69) is 18.3 Å². The topological polar surface area (TPSA) is 21.3 Å². The quantitative estimate of drug-likeness (QED) is 0.679. The van der Waals surface area contributed by atoms with Gasteiger partial charge in [0.2, 0.25) is 0 Å². The van der Waals surface area contributed by atoms with Crippen LogP contribution < -0.4 is 5.32 Å². The van der Waals surface area contributed by atoms with Crippen LogP contribution in [0, 0.1) is 0 Å². The van der Waals surface area contributed by atoms with E-state index in [9.17, 15) is 0 Å². The molecule has 0 spiro atoms. The van der Waals surface area contributed by atoms with Gasteiger partial charge in [-0.2, -0.15) is 0 Å². The van der Waals surface area contributed by atoms with Crippen LogP contribution in [-0.4, -0.2) is 25.3 Å². The van der Waals surface area contributed by atoms with Crippen LogP contribution in [0.2, 0.25) is 0 Å². The fourth-order valence-corrected chi connectivity index (χ4v) is 2.51. The van der Waals surface area contributed by atoms with Crippen molar-refractivity contribution in [1.82, 2.24) is 5.32 Å². The van der Waals surface area contributed by atoms with E-state index in [0.29, 0.717) is 6.10 Å². The highest BCUT2D eigenvalue weighted by Crippen LogP contribution is 2.24. The second-order valence-electron chi connectivity index (χ2n) is 4.70. The zero-order valence-electron chi connectivity index (χ0n) is 9.80. The van der Waals surface area contributed by atoms with Gasteiger partial charge in [0.1, 0.15) is 0 Å². The molecule has 1 fully saturated rings. The smallest absolute Gasteiger partial charge is 0.0604 e. The highest BCUT2D eigenvalue weighted by molar-refractivity contribution is 5.07. The molecule has 2 aliphatic rings. The van der Waals surface area contributed by atoms with Crippen LogP contribution in [0.3, 0.4) is 0 Å². The molecular formula is C13H23NO. The minimum atomic E-state index is 0.540. The summed E-state index contributed by atoms with van der Waals surface area (Å²) in [5.41, 5.74) is 1.67. The van der Waals surface area contributed by atoms with Crippen molar-refractivity contribution in [2.45, 2.75) is 57.6 Å². The predicted molar refractivity (Wildman–Crippen MR) is 63.0 cm³/mol. The molecular weight excluding hydrogens is 186 g/mol. The Balaban J connectivity index is 1.49. The summed E-state index contributed by atoms with van der Waals surface area (Å²) in [6.45, 7) is 4.10. The van der Waals surface area contributed by atoms with Crippen molar-refractivity contribution < 1.29 is 4.74 Å². The van der Waals surface area contributed by atoms with E-state index in [4.69, 9.17) is 4.74 Å². The average molecular weight is 209 g/mol. The van der Waals surface area contributed by atoms with E-state index in [1.165, 1.54) is 38.5 Å². The van der Waals surface area contributed by atoms with E-state index < -0.39 is 0 Å². The number of ether oxygens (including phenoxy) is 1. The molecule has 0 aromatic heterocycles. The van der Waals surface area contributed by atoms with Crippen LogP contribution in [-0.2, 0) is 4.74 Å². The Morgan fingerprint density at radius 3 is 3.00 bits per heavy atom. The molecule has 1 N–H and O–H groups in total. The molecule has 0 heterocycles. The molecule has 0 amide bonds. The van der Waals surface area contributed by atoms with Gasteiger partial charge in [-0.25, -0.2) is 0 Å². The Morgan fingerprint density at radius 1 is 1.47 bits per heavy atom. The van der Waals surface area contributed by atoms with Crippen molar-refractivity contribution in [2.75, 3.05) is 13.2 Å². The standard InChI is InChI=1S/C13H23NO/c1-2-15-13-9-12(10-13)14-8-7-11-5-3-4-6-11/h5,12-14H,2-4,6-10H2,1H3. The number of rotatable bonds is 6. The van der Waals surface area contributed by atoms with E-state index in [-0.39, 0.29) is 0 Å². The van der Waals surface area contributed by atoms with Crippen molar-refractivity contribution in [1.29, 1.82) is 0 Å². The summed E-state index contributed by atoms with van der Waals surface area (Å²) in [4.78, 5) is 0. The number of hydrogen-bond acceptors (Lipinski definition) is 2. The molecule has 0 aromatic carbocycles. The summed E-state index contributed by atoms with van der Waals surface area (Å²) >= 11 is 0.